The van der Waals surface area contributed by atoms with Crippen LogP contribution in [-0.2, 0) is 31.9 Å². The van der Waals surface area contributed by atoms with E-state index < -0.39 is 24.1 Å². The first-order valence-electron chi connectivity index (χ1n) is 15.7. The van der Waals surface area contributed by atoms with Crippen LogP contribution in [-0.4, -0.2) is 72.6 Å². The van der Waals surface area contributed by atoms with Crippen LogP contribution in [0.5, 0.6) is 0 Å². The Hall–Kier alpha value is -3.78. The van der Waals surface area contributed by atoms with Crippen LogP contribution in [0.4, 0.5) is 0 Å². The van der Waals surface area contributed by atoms with E-state index in [0.717, 1.165) is 44.9 Å². The summed E-state index contributed by atoms with van der Waals surface area (Å²) >= 11 is 0. The number of nitrogens with zero attached hydrogens (tertiary/aromatic N) is 1. The van der Waals surface area contributed by atoms with Gasteiger partial charge in [0.2, 0.25) is 0 Å². The smallest absolute Gasteiger partial charge is 0.336 e. The van der Waals surface area contributed by atoms with Gasteiger partial charge < -0.3 is 24.6 Å². The normalized spacial score (nSPS) is 12.8. The van der Waals surface area contributed by atoms with Crippen molar-refractivity contribution in [2.24, 2.45) is 0 Å². The van der Waals surface area contributed by atoms with Crippen LogP contribution in [0.2, 0.25) is 0 Å². The monoisotopic (exact) mass is 599 g/mol. The fourth-order valence-corrected chi connectivity index (χ4v) is 5.55. The van der Waals surface area contributed by atoms with E-state index >= 15 is 0 Å². The molecule has 0 aliphatic carbocycles. The van der Waals surface area contributed by atoms with Gasteiger partial charge in [-0.2, -0.15) is 0 Å². The van der Waals surface area contributed by atoms with E-state index in [1.54, 1.807) is 11.9 Å². The number of aryl methyl sites for hydroxylation is 2. The summed E-state index contributed by atoms with van der Waals surface area (Å²) in [4.78, 5) is 26.9. The van der Waals surface area contributed by atoms with Gasteiger partial charge in [0.25, 0.3) is 5.91 Å². The molecule has 0 spiro atoms. The highest BCUT2D eigenvalue weighted by Gasteiger charge is 2.37. The molecule has 0 radical (unpaired) electrons. The van der Waals surface area contributed by atoms with Gasteiger partial charge in [-0.25, -0.2) is 4.79 Å². The third-order valence-electron chi connectivity index (χ3n) is 8.02. The standard InChI is InChI=1S/C37H45NO6/c1-38(22-10-2-4-12-28-18-20-30-14-6-8-16-32(30)26-28)36(40)34(35(37(41)42)44-25-23-39)43-24-11-3-5-13-29-19-21-31-15-7-9-17-33(31)27-29/h6-9,14-21,26-27,34-35,39H,2-5,10-13,22-25H2,1H3,(H,41,42). The van der Waals surface area contributed by atoms with Crippen molar-refractivity contribution < 1.29 is 29.3 Å². The number of amides is 1. The lowest BCUT2D eigenvalue weighted by Gasteiger charge is -2.28. The molecule has 0 heterocycles. The molecule has 4 rings (SSSR count). The highest BCUT2D eigenvalue weighted by atomic mass is 16.6. The number of hydrogen-bond donors (Lipinski definition) is 2. The van der Waals surface area contributed by atoms with Crippen molar-refractivity contribution in [3.8, 4) is 0 Å². The fourth-order valence-electron chi connectivity index (χ4n) is 5.55. The third-order valence-corrected chi connectivity index (χ3v) is 8.02. The van der Waals surface area contributed by atoms with E-state index in [1.807, 2.05) is 24.3 Å². The van der Waals surface area contributed by atoms with Gasteiger partial charge in [-0.1, -0.05) is 97.8 Å². The van der Waals surface area contributed by atoms with Gasteiger partial charge in [0.1, 0.15) is 0 Å². The number of fused-ring (bicyclic) bond motifs is 2. The minimum absolute atomic E-state index is 0.186. The van der Waals surface area contributed by atoms with Crippen molar-refractivity contribution >= 4 is 33.4 Å². The zero-order chi connectivity index (χ0) is 31.1. The summed E-state index contributed by atoms with van der Waals surface area (Å²) in [6, 6.07) is 29.7. The van der Waals surface area contributed by atoms with Crippen molar-refractivity contribution in [2.75, 3.05) is 33.4 Å². The van der Waals surface area contributed by atoms with Gasteiger partial charge in [-0.3, -0.25) is 4.79 Å². The Morgan fingerprint density at radius 3 is 1.73 bits per heavy atom. The molecule has 7 heteroatoms. The van der Waals surface area contributed by atoms with Crippen LogP contribution in [0.25, 0.3) is 21.5 Å². The molecule has 4 aromatic rings. The second-order valence-electron chi connectivity index (χ2n) is 11.4. The molecule has 2 atom stereocenters. The molecule has 4 aromatic carbocycles. The Labute approximate surface area is 260 Å². The number of benzene rings is 4. The number of ether oxygens (including phenoxy) is 2. The molecule has 7 nitrogen and oxygen atoms in total. The zero-order valence-corrected chi connectivity index (χ0v) is 25.7. The van der Waals surface area contributed by atoms with E-state index in [0.29, 0.717) is 13.0 Å². The molecule has 0 saturated carbocycles. The molecule has 0 fully saturated rings. The number of rotatable bonds is 19. The van der Waals surface area contributed by atoms with Crippen LogP contribution in [0.15, 0.2) is 84.9 Å². The molecule has 44 heavy (non-hydrogen) atoms. The predicted molar refractivity (Wildman–Crippen MR) is 175 cm³/mol. The number of carboxylic acid groups (broad SMARTS) is 1. The van der Waals surface area contributed by atoms with Gasteiger partial charge in [-0.05, 0) is 71.2 Å². The first-order valence-corrected chi connectivity index (χ1v) is 15.7. The lowest BCUT2D eigenvalue weighted by atomic mass is 10.0. The van der Waals surface area contributed by atoms with Crippen LogP contribution in [0.3, 0.4) is 0 Å². The first-order chi connectivity index (χ1) is 21.5. The van der Waals surface area contributed by atoms with E-state index in [9.17, 15) is 19.8 Å². The molecule has 234 valence electrons. The number of aliphatic hydroxyl groups is 1. The van der Waals surface area contributed by atoms with Gasteiger partial charge in [0.15, 0.2) is 12.2 Å². The summed E-state index contributed by atoms with van der Waals surface area (Å²) in [5, 5.41) is 23.9. The fraction of sp³-hybridized carbons (Fsp3) is 0.405. The third kappa shape index (κ3) is 9.88. The Morgan fingerprint density at radius 1 is 0.659 bits per heavy atom. The second kappa shape index (κ2) is 17.5. The number of aliphatic hydroxyl groups excluding tert-OH is 1. The average Bonchev–Trinajstić information content (AvgIpc) is 3.04. The van der Waals surface area contributed by atoms with Gasteiger partial charge in [0, 0.05) is 20.2 Å². The van der Waals surface area contributed by atoms with E-state index in [2.05, 4.69) is 60.7 Å². The van der Waals surface area contributed by atoms with Crippen molar-refractivity contribution in [1.29, 1.82) is 0 Å². The van der Waals surface area contributed by atoms with Crippen LogP contribution in [0, 0.1) is 0 Å². The summed E-state index contributed by atoms with van der Waals surface area (Å²) in [5.41, 5.74) is 2.57. The minimum Gasteiger partial charge on any atom is -0.479 e. The van der Waals surface area contributed by atoms with Crippen molar-refractivity contribution in [1.82, 2.24) is 4.90 Å². The van der Waals surface area contributed by atoms with Crippen molar-refractivity contribution in [2.45, 2.75) is 63.6 Å². The van der Waals surface area contributed by atoms with Crippen LogP contribution in [0.1, 0.15) is 49.7 Å². The average molecular weight is 600 g/mol. The Balaban J connectivity index is 1.22. The van der Waals surface area contributed by atoms with E-state index in [4.69, 9.17) is 9.47 Å². The molecule has 0 saturated heterocycles. The zero-order valence-electron chi connectivity index (χ0n) is 25.7. The van der Waals surface area contributed by atoms with Crippen molar-refractivity contribution in [3.63, 3.8) is 0 Å². The maximum absolute atomic E-state index is 13.4. The molecule has 2 unspecified atom stereocenters. The Kier molecular flexibility index (Phi) is 13.2. The molecule has 1 amide bonds. The number of aliphatic carboxylic acids is 1. The molecular formula is C37H45NO6. The van der Waals surface area contributed by atoms with Crippen LogP contribution < -0.4 is 0 Å². The molecular weight excluding hydrogens is 554 g/mol. The van der Waals surface area contributed by atoms with E-state index in [1.165, 1.54) is 32.7 Å². The van der Waals surface area contributed by atoms with E-state index in [-0.39, 0.29) is 19.8 Å². The van der Waals surface area contributed by atoms with Crippen LogP contribution >= 0.6 is 0 Å². The largest absolute Gasteiger partial charge is 0.479 e. The summed E-state index contributed by atoms with van der Waals surface area (Å²) in [7, 11) is 1.68. The first kappa shape index (κ1) is 33.1. The number of hydrogen-bond acceptors (Lipinski definition) is 5. The summed E-state index contributed by atoms with van der Waals surface area (Å²) < 4.78 is 11.3. The SMILES string of the molecule is CN(CCCCCc1ccc2ccccc2c1)C(=O)C(OCCCCCc1ccc2ccccc2c1)C(OCCO)C(=O)O. The number of carboxylic acids is 1. The summed E-state index contributed by atoms with van der Waals surface area (Å²) in [6.45, 7) is 0.218. The Morgan fingerprint density at radius 2 is 1.18 bits per heavy atom. The minimum atomic E-state index is -1.48. The molecule has 0 aromatic heterocycles. The quantitative estimate of drug-likeness (QED) is 0.121. The van der Waals surface area contributed by atoms with Crippen molar-refractivity contribution in [3.05, 3.63) is 96.1 Å². The Bertz CT molecular complexity index is 1490. The maximum atomic E-state index is 13.4. The molecule has 0 aliphatic rings. The second-order valence-corrected chi connectivity index (χ2v) is 11.4. The highest BCUT2D eigenvalue weighted by Crippen LogP contribution is 2.19. The lowest BCUT2D eigenvalue weighted by Crippen LogP contribution is -2.49. The number of carbonyl (C=O) groups is 2. The summed E-state index contributed by atoms with van der Waals surface area (Å²) in [6.07, 6.45) is 4.42. The van der Waals surface area contributed by atoms with Gasteiger partial charge >= 0.3 is 5.97 Å². The summed E-state index contributed by atoms with van der Waals surface area (Å²) in [5.74, 6) is -1.70. The number of likely N-dealkylation sites (N-methyl/N-ethyl adjacent to an activating group) is 1. The highest BCUT2D eigenvalue weighted by molar-refractivity contribution is 5.88. The lowest BCUT2D eigenvalue weighted by molar-refractivity contribution is -0.173. The molecule has 0 aliphatic heterocycles. The topological polar surface area (TPSA) is 96.3 Å². The maximum Gasteiger partial charge on any atom is 0.336 e. The van der Waals surface area contributed by atoms with Gasteiger partial charge in [0.05, 0.1) is 13.2 Å². The molecule has 2 N–H and O–H groups in total. The predicted octanol–water partition coefficient (Wildman–Crippen LogP) is 6.42. The molecule has 0 bridgehead atoms. The van der Waals surface area contributed by atoms with Gasteiger partial charge in [-0.15, -0.1) is 0 Å². The number of carbonyl (C=O) groups excluding carboxylic acids is 1. The number of unbranched alkanes of at least 4 members (excludes halogenated alkanes) is 4.